The minimum atomic E-state index is 0. The van der Waals surface area contributed by atoms with E-state index in [-0.39, 0.29) is 24.0 Å². The van der Waals surface area contributed by atoms with Crippen LogP contribution in [0.4, 0.5) is 0 Å². The van der Waals surface area contributed by atoms with Gasteiger partial charge < -0.3 is 19.8 Å². The van der Waals surface area contributed by atoms with Gasteiger partial charge in [-0.05, 0) is 43.3 Å². The smallest absolute Gasteiger partial charge is 0.191 e. The van der Waals surface area contributed by atoms with Gasteiger partial charge in [0.2, 0.25) is 0 Å². The summed E-state index contributed by atoms with van der Waals surface area (Å²) in [7, 11) is 3.79. The molecule has 3 rings (SSSR count). The fourth-order valence-electron chi connectivity index (χ4n) is 3.42. The first-order valence-corrected chi connectivity index (χ1v) is 10.6. The van der Waals surface area contributed by atoms with Crippen molar-refractivity contribution in [3.63, 3.8) is 0 Å². The zero-order valence-corrected chi connectivity index (χ0v) is 21.3. The predicted octanol–water partition coefficient (Wildman–Crippen LogP) is 4.79. The average molecular weight is 548 g/mol. The summed E-state index contributed by atoms with van der Waals surface area (Å²) in [5, 5.41) is 6.79. The maximum absolute atomic E-state index is 5.47. The first-order valence-electron chi connectivity index (χ1n) is 10.6. The molecule has 2 N–H and O–H groups in total. The lowest BCUT2D eigenvalue weighted by Gasteiger charge is -2.19. The third kappa shape index (κ3) is 7.87. The number of hydrogen-bond donors (Lipinski definition) is 2. The van der Waals surface area contributed by atoms with Crippen molar-refractivity contribution in [2.75, 3.05) is 20.7 Å². The number of halogens is 1. The second-order valence-electron chi connectivity index (χ2n) is 7.38. The Morgan fingerprint density at radius 1 is 0.938 bits per heavy atom. The average Bonchev–Trinajstić information content (AvgIpc) is 3.29. The molecule has 0 amide bonds. The van der Waals surface area contributed by atoms with Crippen LogP contribution in [0.25, 0.3) is 0 Å². The highest BCUT2D eigenvalue weighted by molar-refractivity contribution is 14.0. The van der Waals surface area contributed by atoms with Crippen molar-refractivity contribution < 1.29 is 9.15 Å². The summed E-state index contributed by atoms with van der Waals surface area (Å²) in [6.45, 7) is 5.73. The molecule has 3 aromatic rings. The molecule has 1 aromatic heterocycles. The summed E-state index contributed by atoms with van der Waals surface area (Å²) >= 11 is 0. The van der Waals surface area contributed by atoms with Crippen molar-refractivity contribution >= 4 is 29.9 Å². The molecule has 0 atom stereocenters. The second-order valence-corrected chi connectivity index (χ2v) is 7.38. The van der Waals surface area contributed by atoms with Crippen molar-refractivity contribution in [3.05, 3.63) is 89.4 Å². The van der Waals surface area contributed by atoms with Gasteiger partial charge in [0.15, 0.2) is 5.96 Å². The summed E-state index contributed by atoms with van der Waals surface area (Å²) in [4.78, 5) is 6.99. The van der Waals surface area contributed by atoms with E-state index in [1.54, 1.807) is 13.4 Å². The van der Waals surface area contributed by atoms with Gasteiger partial charge in [0.25, 0.3) is 0 Å². The largest absolute Gasteiger partial charge is 0.496 e. The summed E-state index contributed by atoms with van der Waals surface area (Å²) in [5.74, 6) is 2.61. The van der Waals surface area contributed by atoms with Crippen molar-refractivity contribution in [2.24, 2.45) is 4.99 Å². The molecule has 0 unspecified atom stereocenters. The molecule has 0 radical (unpaired) electrons. The van der Waals surface area contributed by atoms with Crippen molar-refractivity contribution in [1.29, 1.82) is 0 Å². The van der Waals surface area contributed by atoms with E-state index < -0.39 is 0 Å². The number of nitrogens with zero attached hydrogens (tertiary/aromatic N) is 2. The number of benzene rings is 2. The molecular weight excluding hydrogens is 515 g/mol. The Hall–Kier alpha value is -2.52. The molecule has 0 fully saturated rings. The number of rotatable bonds is 10. The van der Waals surface area contributed by atoms with Crippen LogP contribution in [0.3, 0.4) is 0 Å². The molecule has 32 heavy (non-hydrogen) atoms. The summed E-state index contributed by atoms with van der Waals surface area (Å²) in [6, 6.07) is 20.4. The van der Waals surface area contributed by atoms with Gasteiger partial charge in [-0.1, -0.05) is 42.5 Å². The first-order chi connectivity index (χ1) is 15.2. The highest BCUT2D eigenvalue weighted by Gasteiger charge is 2.09. The van der Waals surface area contributed by atoms with Crippen LogP contribution in [0.5, 0.6) is 5.75 Å². The van der Waals surface area contributed by atoms with Crippen LogP contribution in [0.1, 0.15) is 29.4 Å². The molecule has 7 heteroatoms. The van der Waals surface area contributed by atoms with Gasteiger partial charge >= 0.3 is 0 Å². The standard InChI is InChI=1S/C25H32N4O2.HI/c1-4-26-25(28-17-21-11-7-8-14-24(21)30-3)27-16-20-10-5-6-12-22(20)18-29(2)19-23-13-9-15-31-23;/h5-15H,4,16-19H2,1-3H3,(H2,26,27,28);1H. The number of aliphatic imine (C=N–C) groups is 1. The third-order valence-electron chi connectivity index (χ3n) is 4.96. The number of nitrogens with one attached hydrogen (secondary N) is 2. The highest BCUT2D eigenvalue weighted by atomic mass is 127. The van der Waals surface area contributed by atoms with E-state index in [4.69, 9.17) is 14.1 Å². The Bertz CT molecular complexity index is 960. The Kier molecular flexibility index (Phi) is 11.1. The molecule has 6 nitrogen and oxygen atoms in total. The van der Waals surface area contributed by atoms with Crippen LogP contribution in [0, 0.1) is 0 Å². The van der Waals surface area contributed by atoms with Crippen molar-refractivity contribution in [3.8, 4) is 5.75 Å². The number of guanidine groups is 1. The van der Waals surface area contributed by atoms with E-state index in [9.17, 15) is 0 Å². The molecule has 172 valence electrons. The number of ether oxygens (including phenoxy) is 1. The topological polar surface area (TPSA) is 62.0 Å². The Morgan fingerprint density at radius 3 is 2.34 bits per heavy atom. The number of methoxy groups -OCH3 is 1. The van der Waals surface area contributed by atoms with Crippen molar-refractivity contribution in [1.82, 2.24) is 15.5 Å². The molecule has 0 aliphatic rings. The maximum Gasteiger partial charge on any atom is 0.191 e. The highest BCUT2D eigenvalue weighted by Crippen LogP contribution is 2.18. The number of para-hydroxylation sites is 1. The molecule has 0 bridgehead atoms. The number of furan rings is 1. The zero-order chi connectivity index (χ0) is 21.9. The predicted molar refractivity (Wildman–Crippen MR) is 140 cm³/mol. The van der Waals surface area contributed by atoms with Gasteiger partial charge in [-0.2, -0.15) is 0 Å². The van der Waals surface area contributed by atoms with Crippen LogP contribution in [0.15, 0.2) is 76.3 Å². The van der Waals surface area contributed by atoms with Crippen LogP contribution < -0.4 is 15.4 Å². The summed E-state index contributed by atoms with van der Waals surface area (Å²) in [6.07, 6.45) is 1.72. The normalized spacial score (nSPS) is 11.2. The number of hydrogen-bond acceptors (Lipinski definition) is 4. The first kappa shape index (κ1) is 25.7. The molecule has 2 aromatic carbocycles. The van der Waals surface area contributed by atoms with Gasteiger partial charge in [0, 0.05) is 25.2 Å². The van der Waals surface area contributed by atoms with Gasteiger partial charge in [-0.3, -0.25) is 4.90 Å². The minimum Gasteiger partial charge on any atom is -0.496 e. The fraction of sp³-hybridized carbons (Fsp3) is 0.320. The maximum atomic E-state index is 5.47. The van der Waals surface area contributed by atoms with E-state index in [1.165, 1.54) is 11.1 Å². The Balaban J connectivity index is 0.00000363. The van der Waals surface area contributed by atoms with Gasteiger partial charge in [-0.25, -0.2) is 4.99 Å². The SMILES string of the molecule is CCNC(=NCc1ccccc1OC)NCc1ccccc1CN(C)Cc1ccco1.I. The van der Waals surface area contributed by atoms with E-state index >= 15 is 0 Å². The van der Waals surface area contributed by atoms with Gasteiger partial charge in [0.1, 0.15) is 11.5 Å². The van der Waals surface area contributed by atoms with E-state index in [2.05, 4.69) is 53.8 Å². The lowest BCUT2D eigenvalue weighted by atomic mass is 10.1. The van der Waals surface area contributed by atoms with E-state index in [1.807, 2.05) is 36.4 Å². The fourth-order valence-corrected chi connectivity index (χ4v) is 3.42. The minimum absolute atomic E-state index is 0. The summed E-state index contributed by atoms with van der Waals surface area (Å²) in [5.41, 5.74) is 3.59. The summed E-state index contributed by atoms with van der Waals surface area (Å²) < 4.78 is 10.9. The van der Waals surface area contributed by atoms with Gasteiger partial charge in [0.05, 0.1) is 26.5 Å². The molecule has 0 saturated carbocycles. The third-order valence-corrected chi connectivity index (χ3v) is 4.96. The zero-order valence-electron chi connectivity index (χ0n) is 19.0. The molecule has 1 heterocycles. The quantitative estimate of drug-likeness (QED) is 0.217. The van der Waals surface area contributed by atoms with E-state index in [0.29, 0.717) is 13.1 Å². The monoisotopic (exact) mass is 548 g/mol. The van der Waals surface area contributed by atoms with Crippen LogP contribution in [-0.2, 0) is 26.2 Å². The van der Waals surface area contributed by atoms with Crippen LogP contribution in [0.2, 0.25) is 0 Å². The molecular formula is C25H33IN4O2. The van der Waals surface area contributed by atoms with E-state index in [0.717, 1.165) is 42.7 Å². The molecule has 0 aliphatic heterocycles. The second kappa shape index (κ2) is 13.8. The molecule has 0 aliphatic carbocycles. The van der Waals surface area contributed by atoms with Crippen LogP contribution >= 0.6 is 24.0 Å². The van der Waals surface area contributed by atoms with Gasteiger partial charge in [-0.15, -0.1) is 24.0 Å². The van der Waals surface area contributed by atoms with Crippen LogP contribution in [-0.4, -0.2) is 31.6 Å². The molecule has 0 spiro atoms. The Labute approximate surface area is 208 Å². The molecule has 0 saturated heterocycles. The Morgan fingerprint density at radius 2 is 1.66 bits per heavy atom. The van der Waals surface area contributed by atoms with Crippen molar-refractivity contribution in [2.45, 2.75) is 33.1 Å². The lowest BCUT2D eigenvalue weighted by Crippen LogP contribution is -2.37. The lowest BCUT2D eigenvalue weighted by molar-refractivity contribution is 0.287.